The molecule has 5 atom stereocenters. The van der Waals surface area contributed by atoms with Crippen LogP contribution < -0.4 is 11.1 Å². The van der Waals surface area contributed by atoms with E-state index in [0.717, 1.165) is 88.8 Å². The van der Waals surface area contributed by atoms with E-state index in [1.165, 1.54) is 135 Å². The van der Waals surface area contributed by atoms with Crippen LogP contribution in [0.4, 0.5) is 0 Å². The molecule has 7 N–H and O–H groups in total. The zero-order valence-electron chi connectivity index (χ0n) is 47.6. The van der Waals surface area contributed by atoms with Crippen molar-refractivity contribution in [2.75, 3.05) is 24.7 Å². The molecule has 13 nitrogen and oxygen atoms in total. The Bertz CT molecular complexity index is 1410. The first-order valence-corrected chi connectivity index (χ1v) is 31.7. The zero-order chi connectivity index (χ0) is 54.9. The Morgan fingerprint density at radius 3 is 1.22 bits per heavy atom. The lowest BCUT2D eigenvalue weighted by atomic mass is 9.81. The third-order valence-electron chi connectivity index (χ3n) is 14.6. The van der Waals surface area contributed by atoms with E-state index in [1.807, 2.05) is 0 Å². The highest BCUT2D eigenvalue weighted by molar-refractivity contribution is 7.99. The van der Waals surface area contributed by atoms with E-state index >= 15 is 0 Å². The number of imide groups is 1. The number of aliphatic hydroxyl groups excluding tert-OH is 4. The lowest BCUT2D eigenvalue weighted by Crippen LogP contribution is -2.70. The number of carbonyl (C=O) groups excluding carboxylic acids is 6. The van der Waals surface area contributed by atoms with Gasteiger partial charge in [0.15, 0.2) is 12.1 Å². The number of Topliss-reactive ketones (excluding diaryl/α,β-unsaturated/α-hetero) is 2. The van der Waals surface area contributed by atoms with Crippen molar-refractivity contribution < 1.29 is 49.2 Å². The molecule has 14 heteroatoms. The van der Waals surface area contributed by atoms with Gasteiger partial charge in [-0.25, -0.2) is 0 Å². The first-order valence-electron chi connectivity index (χ1n) is 30.5. The van der Waals surface area contributed by atoms with Gasteiger partial charge in [0.1, 0.15) is 12.1 Å². The molecule has 74 heavy (non-hydrogen) atoms. The highest BCUT2D eigenvalue weighted by atomic mass is 32.2. The van der Waals surface area contributed by atoms with Crippen LogP contribution >= 0.6 is 11.8 Å². The molecule has 0 aromatic carbocycles. The number of hydrogen-bond donors (Lipinski definition) is 6. The lowest BCUT2D eigenvalue weighted by Gasteiger charge is -2.39. The fraction of sp³-hybridized carbons (Fsp3) is 0.900. The van der Waals surface area contributed by atoms with Gasteiger partial charge in [0.2, 0.25) is 23.1 Å². The summed E-state index contributed by atoms with van der Waals surface area (Å²) >= 11 is 1.08. The van der Waals surface area contributed by atoms with Crippen molar-refractivity contribution in [3.05, 3.63) is 0 Å². The molecule has 0 rings (SSSR count). The van der Waals surface area contributed by atoms with Crippen LogP contribution in [0, 0.1) is 0 Å². The Morgan fingerprint density at radius 2 is 0.865 bits per heavy atom. The van der Waals surface area contributed by atoms with Crippen molar-refractivity contribution in [1.82, 2.24) is 10.2 Å². The quantitative estimate of drug-likeness (QED) is 0.0190. The summed E-state index contributed by atoms with van der Waals surface area (Å²) in [6.07, 6.45) is 37.8. The molecule has 0 aliphatic carbocycles. The van der Waals surface area contributed by atoms with Gasteiger partial charge in [-0.1, -0.05) is 258 Å². The van der Waals surface area contributed by atoms with Crippen LogP contribution in [0.15, 0.2) is 0 Å². The first-order chi connectivity index (χ1) is 35.9. The maximum absolute atomic E-state index is 14.7. The summed E-state index contributed by atoms with van der Waals surface area (Å²) in [5.74, 6) is -5.37. The number of unbranched alkanes of at least 4 members (excludes halogenated alkanes) is 36. The standard InChI is InChI=1S/C60H113N3O10S/c1-4-7-10-13-16-19-22-25-28-31-34-37-40-43-54(68)57(71)60(50-66,55(69)44-41-38-35-32-29-26-23-20-17-14-11-8-5-2)63(56(70)45-42-39-36-33-30-27-24-21-18-15-12-9-6-3)59(73)53(47-65)62-58(72)52(61)49-74-48-51(67)46-64/h50-54,64-65,67-68H,4-49,61H2,1-3H3,(H,62,72)/t51?,52-,53-,54?,60-/m0/s1. The number of rotatable bonds is 56. The maximum atomic E-state index is 14.7. The first kappa shape index (κ1) is 71.8. The van der Waals surface area contributed by atoms with Crippen molar-refractivity contribution >= 4 is 47.3 Å². The molecule has 0 aliphatic heterocycles. The Hall–Kier alpha value is -2.23. The minimum Gasteiger partial charge on any atom is -0.394 e. The van der Waals surface area contributed by atoms with Crippen LogP contribution in [0.25, 0.3) is 0 Å². The van der Waals surface area contributed by atoms with E-state index in [0.29, 0.717) is 43.4 Å². The van der Waals surface area contributed by atoms with Crippen molar-refractivity contribution in [3.8, 4) is 0 Å². The molecule has 0 heterocycles. The van der Waals surface area contributed by atoms with Gasteiger partial charge in [-0.05, 0) is 19.3 Å². The molecule has 434 valence electrons. The SMILES string of the molecule is CCCCCCCCCCCCCCCC(=O)N(C(=O)[C@H](CO)NC(=O)[C@@H](N)CSCC(O)CO)[C@@](C=O)(C(=O)CCCCCCCCCCCCCCC)C(=O)C(O)CCCCCCCCCCCCCCC. The van der Waals surface area contributed by atoms with E-state index in [2.05, 4.69) is 26.1 Å². The summed E-state index contributed by atoms with van der Waals surface area (Å²) in [7, 11) is 0. The number of nitrogens with two attached hydrogens (primary N) is 1. The molecule has 2 unspecified atom stereocenters. The highest BCUT2D eigenvalue weighted by Crippen LogP contribution is 2.28. The Kier molecular flexibility index (Phi) is 48.8. The zero-order valence-corrected chi connectivity index (χ0v) is 48.4. The van der Waals surface area contributed by atoms with Crippen LogP contribution in [-0.2, 0) is 28.8 Å². The molecule has 0 radical (unpaired) electrons. The van der Waals surface area contributed by atoms with Gasteiger partial charge in [-0.2, -0.15) is 11.8 Å². The van der Waals surface area contributed by atoms with Crippen LogP contribution in [0.5, 0.6) is 0 Å². The van der Waals surface area contributed by atoms with Crippen molar-refractivity contribution in [2.45, 2.75) is 320 Å². The van der Waals surface area contributed by atoms with Gasteiger partial charge < -0.3 is 31.5 Å². The van der Waals surface area contributed by atoms with Crippen molar-refractivity contribution in [1.29, 1.82) is 0 Å². The number of carbonyl (C=O) groups is 6. The van der Waals surface area contributed by atoms with Gasteiger partial charge in [0.05, 0.1) is 25.4 Å². The largest absolute Gasteiger partial charge is 0.394 e. The Balaban J connectivity index is 6.31. The number of nitrogens with one attached hydrogen (secondary N) is 1. The molecular weight excluding hydrogens is 955 g/mol. The Labute approximate surface area is 455 Å². The number of aldehydes is 1. The number of nitrogens with zero attached hydrogens (tertiary/aromatic N) is 1. The predicted octanol–water partition coefficient (Wildman–Crippen LogP) is 12.1. The summed E-state index contributed by atoms with van der Waals surface area (Å²) in [6.45, 7) is 5.12. The summed E-state index contributed by atoms with van der Waals surface area (Å²) in [4.78, 5) is 86.1. The normalized spacial score (nSPS) is 14.0. The second kappa shape index (κ2) is 50.3. The molecule has 0 fully saturated rings. The van der Waals surface area contributed by atoms with Gasteiger partial charge in [0, 0.05) is 24.3 Å². The van der Waals surface area contributed by atoms with E-state index in [9.17, 15) is 49.2 Å². The van der Waals surface area contributed by atoms with Crippen molar-refractivity contribution in [3.63, 3.8) is 0 Å². The van der Waals surface area contributed by atoms with Crippen LogP contribution in [0.1, 0.15) is 290 Å². The monoisotopic (exact) mass is 1070 g/mol. The van der Waals surface area contributed by atoms with Gasteiger partial charge in [-0.15, -0.1) is 0 Å². The van der Waals surface area contributed by atoms with Crippen molar-refractivity contribution in [2.24, 2.45) is 5.73 Å². The topological polar surface area (TPSA) is 225 Å². The fourth-order valence-corrected chi connectivity index (χ4v) is 10.7. The lowest BCUT2D eigenvalue weighted by molar-refractivity contribution is -0.168. The minimum atomic E-state index is -3.02. The molecular formula is C60H113N3O10S. The van der Waals surface area contributed by atoms with Crippen LogP contribution in [0.2, 0.25) is 0 Å². The van der Waals surface area contributed by atoms with E-state index in [1.54, 1.807) is 0 Å². The third kappa shape index (κ3) is 34.5. The van der Waals surface area contributed by atoms with E-state index in [4.69, 9.17) is 5.73 Å². The number of aliphatic hydroxyl groups is 4. The molecule has 0 bridgehead atoms. The van der Waals surface area contributed by atoms with Crippen LogP contribution in [-0.4, -0.2) is 115 Å². The second-order valence-electron chi connectivity index (χ2n) is 21.5. The molecule has 0 saturated carbocycles. The average molecular weight is 1070 g/mol. The second-order valence-corrected chi connectivity index (χ2v) is 22.6. The third-order valence-corrected chi connectivity index (χ3v) is 15.8. The molecule has 0 aromatic rings. The van der Waals surface area contributed by atoms with Crippen LogP contribution in [0.3, 0.4) is 0 Å². The van der Waals surface area contributed by atoms with E-state index in [-0.39, 0.29) is 37.1 Å². The molecule has 0 aliphatic rings. The smallest absolute Gasteiger partial charge is 0.255 e. The molecule has 0 saturated heterocycles. The molecule has 0 spiro atoms. The number of hydrogen-bond acceptors (Lipinski definition) is 12. The summed E-state index contributed by atoms with van der Waals surface area (Å²) in [5.41, 5.74) is 3.09. The summed E-state index contributed by atoms with van der Waals surface area (Å²) < 4.78 is 0. The van der Waals surface area contributed by atoms with E-state index < -0.39 is 72.3 Å². The average Bonchev–Trinajstić information content (AvgIpc) is 3.40. The van der Waals surface area contributed by atoms with Gasteiger partial charge in [0.25, 0.3) is 5.91 Å². The molecule has 0 aromatic heterocycles. The minimum absolute atomic E-state index is 0.0255. The predicted molar refractivity (Wildman–Crippen MR) is 305 cm³/mol. The van der Waals surface area contributed by atoms with Gasteiger partial charge in [-0.3, -0.25) is 33.7 Å². The van der Waals surface area contributed by atoms with Gasteiger partial charge >= 0.3 is 0 Å². The molecule has 3 amide bonds. The number of thioether (sulfide) groups is 1. The summed E-state index contributed by atoms with van der Waals surface area (Å²) in [6, 6.07) is -3.12. The number of ketones is 2. The number of amides is 3. The fourth-order valence-electron chi connectivity index (χ4n) is 9.76. The Morgan fingerprint density at radius 1 is 0.514 bits per heavy atom. The maximum Gasteiger partial charge on any atom is 0.255 e. The highest BCUT2D eigenvalue weighted by Gasteiger charge is 2.57. The summed E-state index contributed by atoms with van der Waals surface area (Å²) in [5, 5.41) is 43.5.